The molecule has 0 fully saturated rings. The van der Waals surface area contributed by atoms with Crippen LogP contribution in [-0.4, -0.2) is 27.9 Å². The molecule has 0 atom stereocenters. The van der Waals surface area contributed by atoms with E-state index < -0.39 is 0 Å². The highest BCUT2D eigenvalue weighted by molar-refractivity contribution is 5.73. The van der Waals surface area contributed by atoms with Crippen LogP contribution >= 0.6 is 0 Å². The highest BCUT2D eigenvalue weighted by atomic mass is 16.3. The molecule has 0 saturated carbocycles. The third-order valence-corrected chi connectivity index (χ3v) is 2.71. The van der Waals surface area contributed by atoms with E-state index in [1.807, 2.05) is 66.7 Å². The predicted molar refractivity (Wildman–Crippen MR) is 110 cm³/mol. The van der Waals surface area contributed by atoms with Crippen molar-refractivity contribution in [2.24, 2.45) is 4.99 Å². The van der Waals surface area contributed by atoms with Crippen molar-refractivity contribution >= 4 is 6.21 Å². The summed E-state index contributed by atoms with van der Waals surface area (Å²) in [5.41, 5.74) is 0. The molecule has 5 nitrogen and oxygen atoms in total. The predicted octanol–water partition coefficient (Wildman–Crippen LogP) is 4.97. The van der Waals surface area contributed by atoms with E-state index in [2.05, 4.69) is 48.9 Å². The van der Waals surface area contributed by atoms with Gasteiger partial charge in [0.1, 0.15) is 0 Å². The summed E-state index contributed by atoms with van der Waals surface area (Å²) in [7, 11) is 0. The third-order valence-electron chi connectivity index (χ3n) is 2.71. The Bertz CT molecular complexity index is 592. The molecule has 0 radical (unpaired) electrons. The summed E-state index contributed by atoms with van der Waals surface area (Å²) in [5, 5.41) is 6.61. The van der Waals surface area contributed by atoms with E-state index in [9.17, 15) is 0 Å². The van der Waals surface area contributed by atoms with Gasteiger partial charge in [-0.25, -0.2) is 0 Å². The first kappa shape index (κ1) is 21.4. The summed E-state index contributed by atoms with van der Waals surface area (Å²) in [6.07, 6.45) is 21.3. The largest absolute Gasteiger partial charge is 0.431 e. The van der Waals surface area contributed by atoms with E-state index in [0.717, 1.165) is 13.0 Å². The van der Waals surface area contributed by atoms with Gasteiger partial charge in [0.2, 0.25) is 12.8 Å². The zero-order valence-corrected chi connectivity index (χ0v) is 15.2. The fraction of sp³-hybridized carbons (Fsp3) is 0.0909. The number of hydrogen-bond donors (Lipinski definition) is 0. The number of rotatable bonds is 0. The van der Waals surface area contributed by atoms with Crippen molar-refractivity contribution < 1.29 is 4.42 Å². The van der Waals surface area contributed by atoms with Gasteiger partial charge in [-0.2, -0.15) is 0 Å². The number of pyridine rings is 1. The topological polar surface area (TPSA) is 64.2 Å². The maximum absolute atomic E-state index is 4.36. The number of allylic oxidation sites excluding steroid dienone is 5. The second-order valence-corrected chi connectivity index (χ2v) is 4.79. The zero-order valence-electron chi connectivity index (χ0n) is 15.2. The lowest BCUT2D eigenvalue weighted by Crippen LogP contribution is -1.58. The standard InChI is InChI=1S/C6H6.C5H5N.C5H6.C4H5N.C2H2N2O/c2*1-2-4-6-5-3-1;2*1-2-4-5-3-1;1-3-4-2-5-1/h1-6H;1-5H;1-4H,5H2;1-3H,4H2;1-2H. The van der Waals surface area contributed by atoms with Crippen LogP contribution in [0.4, 0.5) is 0 Å². The summed E-state index contributed by atoms with van der Waals surface area (Å²) in [6, 6.07) is 17.7. The molecule has 3 heterocycles. The van der Waals surface area contributed by atoms with Gasteiger partial charge in [-0.15, -0.1) is 10.2 Å². The Hall–Kier alpha value is -3.60. The second-order valence-electron chi connectivity index (χ2n) is 4.79. The minimum atomic E-state index is 0.889. The van der Waals surface area contributed by atoms with Gasteiger partial charge in [-0.05, 0) is 24.6 Å². The zero-order chi connectivity index (χ0) is 19.1. The SMILES string of the molecule is C1=CCC=C1.C1=CCN=C1.c1ccccc1.c1ccncc1.c1nnco1. The van der Waals surface area contributed by atoms with Crippen LogP contribution in [0.3, 0.4) is 0 Å². The molecule has 1 aliphatic carbocycles. The number of aliphatic imine (C=N–C) groups is 1. The van der Waals surface area contributed by atoms with E-state index in [1.54, 1.807) is 18.6 Å². The molecule has 5 rings (SSSR count). The lowest BCUT2D eigenvalue weighted by atomic mass is 10.4. The molecule has 0 unspecified atom stereocenters. The molecule has 0 bridgehead atoms. The van der Waals surface area contributed by atoms with Crippen molar-refractivity contribution in [2.75, 3.05) is 6.54 Å². The van der Waals surface area contributed by atoms with Gasteiger partial charge >= 0.3 is 0 Å². The highest BCUT2D eigenvalue weighted by Crippen LogP contribution is 1.93. The van der Waals surface area contributed by atoms with Gasteiger partial charge in [-0.1, -0.05) is 72.8 Å². The van der Waals surface area contributed by atoms with E-state index in [4.69, 9.17) is 0 Å². The molecule has 0 saturated heterocycles. The van der Waals surface area contributed by atoms with Crippen molar-refractivity contribution in [1.82, 2.24) is 15.2 Å². The van der Waals surface area contributed by atoms with Crippen molar-refractivity contribution in [1.29, 1.82) is 0 Å². The first-order chi connectivity index (χ1) is 13.5. The molecular weight excluding hydrogens is 336 g/mol. The lowest BCUT2D eigenvalue weighted by Gasteiger charge is -1.70. The number of aromatic nitrogens is 3. The second kappa shape index (κ2) is 18.7. The maximum atomic E-state index is 4.36. The molecule has 5 heteroatoms. The van der Waals surface area contributed by atoms with Crippen LogP contribution < -0.4 is 0 Å². The number of nitrogens with zero attached hydrogens (tertiary/aromatic N) is 4. The van der Waals surface area contributed by atoms with Gasteiger partial charge in [0.15, 0.2) is 0 Å². The van der Waals surface area contributed by atoms with E-state index >= 15 is 0 Å². The van der Waals surface area contributed by atoms with Gasteiger partial charge in [0.25, 0.3) is 0 Å². The van der Waals surface area contributed by atoms with Crippen LogP contribution in [-0.2, 0) is 0 Å². The average Bonchev–Trinajstić information content (AvgIpc) is 3.58. The van der Waals surface area contributed by atoms with Crippen molar-refractivity contribution in [3.05, 3.63) is 116 Å². The van der Waals surface area contributed by atoms with E-state index in [-0.39, 0.29) is 0 Å². The fourth-order valence-electron chi connectivity index (χ4n) is 1.53. The van der Waals surface area contributed by atoms with Gasteiger partial charge in [0, 0.05) is 18.6 Å². The highest BCUT2D eigenvalue weighted by Gasteiger charge is 1.73. The van der Waals surface area contributed by atoms with Crippen LogP contribution in [0.25, 0.3) is 0 Å². The molecule has 0 amide bonds. The Morgan fingerprint density at radius 1 is 0.593 bits per heavy atom. The smallest absolute Gasteiger partial charge is 0.203 e. The van der Waals surface area contributed by atoms with E-state index in [0.29, 0.717) is 0 Å². The first-order valence-corrected chi connectivity index (χ1v) is 8.50. The van der Waals surface area contributed by atoms with Crippen LogP contribution in [0, 0.1) is 0 Å². The Kier molecular flexibility index (Phi) is 14.9. The van der Waals surface area contributed by atoms with Crippen LogP contribution in [0.2, 0.25) is 0 Å². The van der Waals surface area contributed by atoms with Gasteiger partial charge in [0.05, 0.1) is 6.54 Å². The van der Waals surface area contributed by atoms with Gasteiger partial charge in [-0.3, -0.25) is 9.98 Å². The molecule has 27 heavy (non-hydrogen) atoms. The van der Waals surface area contributed by atoms with Crippen LogP contribution in [0.15, 0.2) is 126 Å². The lowest BCUT2D eigenvalue weighted by molar-refractivity contribution is 0.553. The number of hydrogen-bond acceptors (Lipinski definition) is 5. The Labute approximate surface area is 160 Å². The summed E-state index contributed by atoms with van der Waals surface area (Å²) in [4.78, 5) is 7.63. The van der Waals surface area contributed by atoms with Crippen molar-refractivity contribution in [3.8, 4) is 0 Å². The molecule has 1 aromatic carbocycles. The van der Waals surface area contributed by atoms with Crippen molar-refractivity contribution in [3.63, 3.8) is 0 Å². The Morgan fingerprint density at radius 2 is 1.15 bits per heavy atom. The van der Waals surface area contributed by atoms with Crippen molar-refractivity contribution in [2.45, 2.75) is 6.42 Å². The molecule has 1 aliphatic heterocycles. The van der Waals surface area contributed by atoms with Gasteiger partial charge < -0.3 is 4.42 Å². The molecule has 3 aromatic rings. The third kappa shape index (κ3) is 17.0. The monoisotopic (exact) mass is 360 g/mol. The summed E-state index contributed by atoms with van der Waals surface area (Å²) < 4.78 is 4.36. The molecule has 0 spiro atoms. The minimum absolute atomic E-state index is 0.889. The Balaban J connectivity index is 0.000000169. The number of benzene rings is 1. The molecule has 2 aromatic heterocycles. The summed E-state index contributed by atoms with van der Waals surface area (Å²) in [6.45, 7) is 0.889. The molecule has 2 aliphatic rings. The first-order valence-electron chi connectivity index (χ1n) is 8.50. The minimum Gasteiger partial charge on any atom is -0.431 e. The fourth-order valence-corrected chi connectivity index (χ4v) is 1.53. The Morgan fingerprint density at radius 3 is 1.33 bits per heavy atom. The molecular formula is C22H24N4O. The average molecular weight is 360 g/mol. The van der Waals surface area contributed by atoms with E-state index in [1.165, 1.54) is 12.8 Å². The van der Waals surface area contributed by atoms with Crippen LogP contribution in [0.5, 0.6) is 0 Å². The summed E-state index contributed by atoms with van der Waals surface area (Å²) >= 11 is 0. The molecule has 0 N–H and O–H groups in total. The molecule has 138 valence electrons. The summed E-state index contributed by atoms with van der Waals surface area (Å²) in [5.74, 6) is 0. The quantitative estimate of drug-likeness (QED) is 0.568. The van der Waals surface area contributed by atoms with Crippen LogP contribution in [0.1, 0.15) is 6.42 Å². The normalized spacial score (nSPS) is 11.6. The maximum Gasteiger partial charge on any atom is 0.203 e.